The Balaban J connectivity index is 1.11. The molecule has 6 rings (SSSR count). The normalized spacial score (nSPS) is 17.9. The molecule has 2 aliphatic heterocycles. The fourth-order valence-electron chi connectivity index (χ4n) is 5.46. The molecule has 252 valence electrons. The lowest BCUT2D eigenvalue weighted by atomic mass is 10.0. The number of nitrogens with one attached hydrogen (secondary N) is 2. The summed E-state index contributed by atoms with van der Waals surface area (Å²) in [7, 11) is 0. The van der Waals surface area contributed by atoms with Gasteiger partial charge in [0.15, 0.2) is 11.6 Å². The van der Waals surface area contributed by atoms with Crippen LogP contribution in [0.15, 0.2) is 79.1 Å². The molecule has 4 N–H and O–H groups in total. The molecule has 49 heavy (non-hydrogen) atoms. The quantitative estimate of drug-likeness (QED) is 0.213. The predicted octanol–water partition coefficient (Wildman–Crippen LogP) is 4.79. The SMILES string of the molecule is CC(C)N1CC(C(=O)Nc2ccc(Oc3ccnc(Nc4ccc(N5CCC(N)C5=O)cn4)c3)c(F)c2)C(=O)N(c2ccc(F)cc2)C1=O. The molecule has 0 saturated carbocycles. The van der Waals surface area contributed by atoms with Crippen LogP contribution >= 0.6 is 0 Å². The summed E-state index contributed by atoms with van der Waals surface area (Å²) in [5, 5.41) is 5.59. The van der Waals surface area contributed by atoms with E-state index in [9.17, 15) is 23.6 Å². The number of nitrogens with two attached hydrogens (primary N) is 1. The summed E-state index contributed by atoms with van der Waals surface area (Å²) in [5.41, 5.74) is 6.62. The minimum absolute atomic E-state index is 0.0631. The summed E-state index contributed by atoms with van der Waals surface area (Å²) in [4.78, 5) is 64.4. The third-order valence-electron chi connectivity index (χ3n) is 8.08. The first-order valence-electron chi connectivity index (χ1n) is 15.4. The highest BCUT2D eigenvalue weighted by Crippen LogP contribution is 2.30. The smallest absolute Gasteiger partial charge is 0.331 e. The van der Waals surface area contributed by atoms with E-state index in [0.29, 0.717) is 30.3 Å². The van der Waals surface area contributed by atoms with Gasteiger partial charge in [-0.25, -0.2) is 28.4 Å². The van der Waals surface area contributed by atoms with E-state index in [2.05, 4.69) is 20.6 Å². The number of carbonyl (C=O) groups is 4. The highest BCUT2D eigenvalue weighted by molar-refractivity contribution is 6.23. The van der Waals surface area contributed by atoms with Crippen LogP contribution < -0.4 is 30.9 Å². The van der Waals surface area contributed by atoms with Gasteiger partial charge in [0.1, 0.15) is 29.1 Å². The molecule has 0 spiro atoms. The van der Waals surface area contributed by atoms with Gasteiger partial charge in [-0.1, -0.05) is 0 Å². The zero-order valence-corrected chi connectivity index (χ0v) is 26.5. The molecule has 2 aliphatic rings. The number of aromatic nitrogens is 2. The Hall–Kier alpha value is -5.96. The number of hydrogen-bond donors (Lipinski definition) is 3. The Kier molecular flexibility index (Phi) is 9.18. The van der Waals surface area contributed by atoms with Gasteiger partial charge in [-0.05, 0) is 74.9 Å². The van der Waals surface area contributed by atoms with Gasteiger partial charge < -0.3 is 30.9 Å². The Morgan fingerprint density at radius 1 is 0.939 bits per heavy atom. The van der Waals surface area contributed by atoms with E-state index >= 15 is 4.39 Å². The minimum atomic E-state index is -1.31. The second-order valence-corrected chi connectivity index (χ2v) is 11.8. The van der Waals surface area contributed by atoms with Crippen LogP contribution in [-0.2, 0) is 14.4 Å². The fourth-order valence-corrected chi connectivity index (χ4v) is 5.46. The van der Waals surface area contributed by atoms with Crippen LogP contribution in [0.1, 0.15) is 20.3 Å². The number of hydrogen-bond acceptors (Lipinski definition) is 9. The molecule has 2 saturated heterocycles. The van der Waals surface area contributed by atoms with Gasteiger partial charge >= 0.3 is 6.03 Å². The van der Waals surface area contributed by atoms with Gasteiger partial charge in [0.2, 0.25) is 17.7 Å². The highest BCUT2D eigenvalue weighted by atomic mass is 19.1. The summed E-state index contributed by atoms with van der Waals surface area (Å²) >= 11 is 0. The maximum Gasteiger partial charge on any atom is 0.331 e. The topological polar surface area (TPSA) is 163 Å². The number of pyridine rings is 2. The first-order valence-corrected chi connectivity index (χ1v) is 15.4. The summed E-state index contributed by atoms with van der Waals surface area (Å²) in [6.45, 7) is 3.82. The lowest BCUT2D eigenvalue weighted by Crippen LogP contribution is -2.61. The first kappa shape index (κ1) is 33.0. The van der Waals surface area contributed by atoms with Crippen LogP contribution in [0, 0.1) is 17.6 Å². The van der Waals surface area contributed by atoms with Crippen molar-refractivity contribution in [3.05, 3.63) is 90.8 Å². The van der Waals surface area contributed by atoms with Crippen molar-refractivity contribution in [3.8, 4) is 11.5 Å². The Morgan fingerprint density at radius 3 is 2.35 bits per heavy atom. The number of rotatable bonds is 9. The van der Waals surface area contributed by atoms with Crippen molar-refractivity contribution in [2.24, 2.45) is 11.7 Å². The van der Waals surface area contributed by atoms with Crippen molar-refractivity contribution in [2.75, 3.05) is 33.5 Å². The van der Waals surface area contributed by atoms with E-state index in [0.717, 1.165) is 23.1 Å². The Labute approximate surface area is 279 Å². The maximum atomic E-state index is 15.2. The summed E-state index contributed by atoms with van der Waals surface area (Å²) in [5.74, 6) is -3.40. The van der Waals surface area contributed by atoms with E-state index in [1.807, 2.05) is 0 Å². The van der Waals surface area contributed by atoms with Gasteiger partial charge in [-0.2, -0.15) is 0 Å². The monoisotopic (exact) mass is 670 g/mol. The standard InChI is InChI=1S/C34H32F2N8O5/c1-19(2)43-18-25(32(46)44(34(43)48)22-6-3-20(35)4-7-22)31(45)40-21-5-9-28(26(36)15-21)49-24-11-13-38-30(16-24)41-29-10-8-23(17-39-29)42-14-12-27(37)33(42)47/h3-11,13,15-17,19,25,27H,12,14,18,37H2,1-2H3,(H,40,45)(H,38,39,41). The predicted molar refractivity (Wildman–Crippen MR) is 176 cm³/mol. The number of carbonyl (C=O) groups excluding carboxylic acids is 4. The minimum Gasteiger partial charge on any atom is -0.454 e. The lowest BCUT2D eigenvalue weighted by molar-refractivity contribution is -0.132. The van der Waals surface area contributed by atoms with Crippen molar-refractivity contribution in [2.45, 2.75) is 32.4 Å². The number of urea groups is 1. The number of halogens is 2. The number of amides is 5. The molecule has 5 amide bonds. The van der Waals surface area contributed by atoms with E-state index < -0.39 is 41.4 Å². The third kappa shape index (κ3) is 7.01. The van der Waals surface area contributed by atoms with Crippen molar-refractivity contribution in [1.29, 1.82) is 0 Å². The van der Waals surface area contributed by atoms with Crippen molar-refractivity contribution in [3.63, 3.8) is 0 Å². The summed E-state index contributed by atoms with van der Waals surface area (Å²) < 4.78 is 34.5. The molecule has 0 radical (unpaired) electrons. The van der Waals surface area contributed by atoms with Gasteiger partial charge in [0.05, 0.1) is 23.6 Å². The van der Waals surface area contributed by atoms with Crippen LogP contribution in [0.5, 0.6) is 11.5 Å². The third-order valence-corrected chi connectivity index (χ3v) is 8.08. The van der Waals surface area contributed by atoms with Gasteiger partial charge in [0.25, 0.3) is 0 Å². The molecule has 2 fully saturated rings. The molecule has 2 atom stereocenters. The van der Waals surface area contributed by atoms with Crippen LogP contribution in [-0.4, -0.2) is 63.8 Å². The largest absolute Gasteiger partial charge is 0.454 e. The molecular weight excluding hydrogens is 638 g/mol. The zero-order valence-electron chi connectivity index (χ0n) is 26.5. The molecule has 15 heteroatoms. The average molecular weight is 671 g/mol. The van der Waals surface area contributed by atoms with Crippen LogP contribution in [0.25, 0.3) is 0 Å². The van der Waals surface area contributed by atoms with Gasteiger partial charge in [0, 0.05) is 43.1 Å². The highest BCUT2D eigenvalue weighted by Gasteiger charge is 2.44. The van der Waals surface area contributed by atoms with E-state index in [4.69, 9.17) is 10.5 Å². The Morgan fingerprint density at radius 2 is 1.69 bits per heavy atom. The second kappa shape index (κ2) is 13.6. The molecule has 2 aromatic carbocycles. The average Bonchev–Trinajstić information content (AvgIpc) is 3.41. The zero-order chi connectivity index (χ0) is 34.8. The molecule has 13 nitrogen and oxygen atoms in total. The number of benzene rings is 2. The van der Waals surface area contributed by atoms with Crippen LogP contribution in [0.3, 0.4) is 0 Å². The first-order chi connectivity index (χ1) is 23.5. The van der Waals surface area contributed by atoms with Crippen LogP contribution in [0.4, 0.5) is 42.3 Å². The molecule has 2 aromatic heterocycles. The molecule has 0 bridgehead atoms. The number of imide groups is 1. The lowest BCUT2D eigenvalue weighted by Gasteiger charge is -2.39. The summed E-state index contributed by atoms with van der Waals surface area (Å²) in [6.07, 6.45) is 3.60. The van der Waals surface area contributed by atoms with Crippen molar-refractivity contribution in [1.82, 2.24) is 14.9 Å². The Bertz CT molecular complexity index is 1910. The molecule has 4 heterocycles. The summed E-state index contributed by atoms with van der Waals surface area (Å²) in [6, 6.07) is 13.6. The number of anilines is 5. The fraction of sp³-hybridized carbons (Fsp3) is 0.235. The maximum absolute atomic E-state index is 15.2. The number of nitrogens with zero attached hydrogens (tertiary/aromatic N) is 5. The van der Waals surface area contributed by atoms with E-state index in [1.54, 1.807) is 37.1 Å². The van der Waals surface area contributed by atoms with Crippen molar-refractivity contribution < 1.29 is 32.7 Å². The van der Waals surface area contributed by atoms with E-state index in [1.165, 1.54) is 47.5 Å². The molecule has 2 unspecified atom stereocenters. The van der Waals surface area contributed by atoms with E-state index in [-0.39, 0.29) is 41.4 Å². The number of ether oxygens (including phenoxy) is 1. The van der Waals surface area contributed by atoms with Gasteiger partial charge in [-0.15, -0.1) is 0 Å². The molecule has 0 aliphatic carbocycles. The second-order valence-electron chi connectivity index (χ2n) is 11.8. The van der Waals surface area contributed by atoms with Crippen LogP contribution in [0.2, 0.25) is 0 Å². The van der Waals surface area contributed by atoms with Crippen molar-refractivity contribution >= 4 is 52.5 Å². The van der Waals surface area contributed by atoms with Gasteiger partial charge in [-0.3, -0.25) is 14.4 Å². The molecular formula is C34H32F2N8O5. The molecule has 4 aromatic rings.